The molecule has 0 aliphatic rings. The van der Waals surface area contributed by atoms with E-state index in [0.29, 0.717) is 28.3 Å². The fourth-order valence-corrected chi connectivity index (χ4v) is 3.66. The maximum absolute atomic E-state index is 13.9. The fourth-order valence-electron chi connectivity index (χ4n) is 3.66. The first-order valence-electron chi connectivity index (χ1n) is 11.2. The molecule has 1 heterocycles. The summed E-state index contributed by atoms with van der Waals surface area (Å²) in [5.74, 6) is -1.57. The SMILES string of the molecule is Cc1cc(NC(=O)C(=O)N[C@H](Cc2cccc(F)c2)c2cccc(F)c2)ccc1Oc1cccnc1. The zero-order valence-corrected chi connectivity index (χ0v) is 19.4. The van der Waals surface area contributed by atoms with Gasteiger partial charge in [0, 0.05) is 11.9 Å². The molecule has 0 spiro atoms. The molecule has 0 saturated carbocycles. The lowest BCUT2D eigenvalue weighted by atomic mass is 9.98. The number of pyridine rings is 1. The van der Waals surface area contributed by atoms with Crippen LogP contribution in [-0.4, -0.2) is 16.8 Å². The Morgan fingerprint density at radius 3 is 2.39 bits per heavy atom. The van der Waals surface area contributed by atoms with Crippen molar-refractivity contribution in [2.24, 2.45) is 0 Å². The Bertz CT molecular complexity index is 1380. The number of hydrogen-bond donors (Lipinski definition) is 2. The fraction of sp³-hybridized carbons (Fsp3) is 0.107. The van der Waals surface area contributed by atoms with Gasteiger partial charge in [0.05, 0.1) is 12.2 Å². The van der Waals surface area contributed by atoms with Crippen molar-refractivity contribution in [2.45, 2.75) is 19.4 Å². The third-order valence-electron chi connectivity index (χ3n) is 5.39. The third-order valence-corrected chi connectivity index (χ3v) is 5.39. The van der Waals surface area contributed by atoms with Crippen LogP contribution in [0.15, 0.2) is 91.3 Å². The van der Waals surface area contributed by atoms with Crippen molar-refractivity contribution in [3.05, 3.63) is 120 Å². The van der Waals surface area contributed by atoms with Gasteiger partial charge in [-0.15, -0.1) is 0 Å². The van der Waals surface area contributed by atoms with Crippen molar-refractivity contribution >= 4 is 17.5 Å². The molecular weight excluding hydrogens is 464 g/mol. The van der Waals surface area contributed by atoms with E-state index < -0.39 is 29.5 Å². The lowest BCUT2D eigenvalue weighted by Gasteiger charge is -2.19. The summed E-state index contributed by atoms with van der Waals surface area (Å²) in [7, 11) is 0. The molecule has 0 bridgehead atoms. The van der Waals surface area contributed by atoms with Crippen LogP contribution in [0.3, 0.4) is 0 Å². The number of benzene rings is 3. The number of ether oxygens (including phenoxy) is 1. The number of carbonyl (C=O) groups excluding carboxylic acids is 2. The standard InChI is InChI=1S/C28H23F2N3O3/c1-18-13-23(10-11-26(18)36-24-9-4-12-31-17-24)32-27(34)28(35)33-25(20-6-3-8-22(30)16-20)15-19-5-2-7-21(29)14-19/h2-14,16-17,25H,15H2,1H3,(H,32,34)(H,33,35)/t25-/m1/s1. The highest BCUT2D eigenvalue weighted by atomic mass is 19.1. The number of aromatic nitrogens is 1. The minimum absolute atomic E-state index is 0.166. The van der Waals surface area contributed by atoms with Crippen LogP contribution in [0.1, 0.15) is 22.7 Å². The van der Waals surface area contributed by atoms with E-state index in [1.165, 1.54) is 30.3 Å². The van der Waals surface area contributed by atoms with E-state index in [1.54, 1.807) is 67.8 Å². The Morgan fingerprint density at radius 1 is 0.917 bits per heavy atom. The number of nitrogens with zero attached hydrogens (tertiary/aromatic N) is 1. The van der Waals surface area contributed by atoms with E-state index in [9.17, 15) is 18.4 Å². The molecule has 4 aromatic rings. The second-order valence-corrected chi connectivity index (χ2v) is 8.14. The molecular formula is C28H23F2N3O3. The second kappa shape index (κ2) is 11.2. The van der Waals surface area contributed by atoms with Crippen LogP contribution >= 0.6 is 0 Å². The van der Waals surface area contributed by atoms with E-state index in [4.69, 9.17) is 4.74 Å². The number of hydrogen-bond acceptors (Lipinski definition) is 4. The minimum Gasteiger partial charge on any atom is -0.455 e. The average Bonchev–Trinajstić information content (AvgIpc) is 2.86. The summed E-state index contributed by atoms with van der Waals surface area (Å²) < 4.78 is 33.3. The summed E-state index contributed by atoms with van der Waals surface area (Å²) in [6.07, 6.45) is 3.39. The van der Waals surface area contributed by atoms with E-state index in [2.05, 4.69) is 15.6 Å². The van der Waals surface area contributed by atoms with Gasteiger partial charge in [-0.3, -0.25) is 14.6 Å². The number of halogens is 2. The highest BCUT2D eigenvalue weighted by Gasteiger charge is 2.21. The van der Waals surface area contributed by atoms with Crippen molar-refractivity contribution in [1.82, 2.24) is 10.3 Å². The van der Waals surface area contributed by atoms with Crippen molar-refractivity contribution in [1.29, 1.82) is 0 Å². The van der Waals surface area contributed by atoms with Crippen molar-refractivity contribution in [3.8, 4) is 11.5 Å². The summed E-state index contributed by atoms with van der Waals surface area (Å²) in [5.41, 5.74) is 2.18. The maximum atomic E-state index is 13.9. The highest BCUT2D eigenvalue weighted by molar-refractivity contribution is 6.39. The Balaban J connectivity index is 1.45. The number of rotatable bonds is 7. The lowest BCUT2D eigenvalue weighted by Crippen LogP contribution is -2.38. The second-order valence-electron chi connectivity index (χ2n) is 8.14. The number of carbonyl (C=O) groups is 2. The third kappa shape index (κ3) is 6.50. The zero-order chi connectivity index (χ0) is 25.5. The van der Waals surface area contributed by atoms with Gasteiger partial charge in [-0.25, -0.2) is 8.78 Å². The summed E-state index contributed by atoms with van der Waals surface area (Å²) in [6.45, 7) is 1.81. The molecule has 0 radical (unpaired) electrons. The Morgan fingerprint density at radius 2 is 1.69 bits per heavy atom. The molecule has 0 aliphatic heterocycles. The van der Waals surface area contributed by atoms with E-state index in [1.807, 2.05) is 0 Å². The van der Waals surface area contributed by atoms with Crippen LogP contribution < -0.4 is 15.4 Å². The normalized spacial score (nSPS) is 11.4. The van der Waals surface area contributed by atoms with Crippen molar-refractivity contribution < 1.29 is 23.1 Å². The van der Waals surface area contributed by atoms with Crippen LogP contribution in [0.25, 0.3) is 0 Å². The van der Waals surface area contributed by atoms with E-state index in [0.717, 1.165) is 5.56 Å². The molecule has 1 atom stereocenters. The highest BCUT2D eigenvalue weighted by Crippen LogP contribution is 2.27. The average molecular weight is 488 g/mol. The van der Waals surface area contributed by atoms with Crippen molar-refractivity contribution in [2.75, 3.05) is 5.32 Å². The Labute approximate surface area is 207 Å². The summed E-state index contributed by atoms with van der Waals surface area (Å²) in [5, 5.41) is 5.20. The maximum Gasteiger partial charge on any atom is 0.313 e. The van der Waals surface area contributed by atoms with Gasteiger partial charge in [-0.1, -0.05) is 24.3 Å². The molecule has 36 heavy (non-hydrogen) atoms. The molecule has 2 amide bonds. The number of aryl methyl sites for hydroxylation is 1. The molecule has 0 aliphatic carbocycles. The molecule has 6 nitrogen and oxygen atoms in total. The summed E-state index contributed by atoms with van der Waals surface area (Å²) in [4.78, 5) is 29.4. The van der Waals surface area contributed by atoms with Gasteiger partial charge in [0.15, 0.2) is 0 Å². The predicted octanol–water partition coefficient (Wildman–Crippen LogP) is 5.50. The topological polar surface area (TPSA) is 80.3 Å². The van der Waals surface area contributed by atoms with Crippen LogP contribution in [0.2, 0.25) is 0 Å². The molecule has 8 heteroatoms. The lowest BCUT2D eigenvalue weighted by molar-refractivity contribution is -0.136. The molecule has 2 N–H and O–H groups in total. The monoisotopic (exact) mass is 487 g/mol. The van der Waals surface area contributed by atoms with Gasteiger partial charge in [-0.05, 0) is 84.6 Å². The summed E-state index contributed by atoms with van der Waals surface area (Å²) in [6, 6.07) is 19.3. The first-order chi connectivity index (χ1) is 17.4. The first kappa shape index (κ1) is 24.5. The van der Waals surface area contributed by atoms with E-state index >= 15 is 0 Å². The first-order valence-corrected chi connectivity index (χ1v) is 11.2. The molecule has 0 unspecified atom stereocenters. The molecule has 182 valence electrons. The number of amides is 2. The quantitative estimate of drug-likeness (QED) is 0.338. The van der Waals surface area contributed by atoms with Crippen LogP contribution in [-0.2, 0) is 16.0 Å². The predicted molar refractivity (Wildman–Crippen MR) is 132 cm³/mol. The van der Waals surface area contributed by atoms with Crippen LogP contribution in [0, 0.1) is 18.6 Å². The summed E-state index contributed by atoms with van der Waals surface area (Å²) >= 11 is 0. The molecule has 4 rings (SSSR count). The van der Waals surface area contributed by atoms with Gasteiger partial charge in [-0.2, -0.15) is 0 Å². The Kier molecular flexibility index (Phi) is 7.65. The van der Waals surface area contributed by atoms with Gasteiger partial charge in [0.25, 0.3) is 0 Å². The molecule has 3 aromatic carbocycles. The molecule has 0 saturated heterocycles. The minimum atomic E-state index is -0.908. The van der Waals surface area contributed by atoms with Crippen molar-refractivity contribution in [3.63, 3.8) is 0 Å². The van der Waals surface area contributed by atoms with Crippen LogP contribution in [0.5, 0.6) is 11.5 Å². The van der Waals surface area contributed by atoms with Gasteiger partial charge < -0.3 is 15.4 Å². The van der Waals surface area contributed by atoms with Gasteiger partial charge in [0.2, 0.25) is 0 Å². The molecule has 0 fully saturated rings. The number of nitrogens with one attached hydrogen (secondary N) is 2. The largest absolute Gasteiger partial charge is 0.455 e. The Hall–Kier alpha value is -4.59. The smallest absolute Gasteiger partial charge is 0.313 e. The van der Waals surface area contributed by atoms with E-state index in [-0.39, 0.29) is 6.42 Å². The zero-order valence-electron chi connectivity index (χ0n) is 19.4. The van der Waals surface area contributed by atoms with Crippen LogP contribution in [0.4, 0.5) is 14.5 Å². The van der Waals surface area contributed by atoms with Gasteiger partial charge >= 0.3 is 11.8 Å². The number of anilines is 1. The van der Waals surface area contributed by atoms with Gasteiger partial charge in [0.1, 0.15) is 23.1 Å². The molecule has 1 aromatic heterocycles.